The molecule has 0 radical (unpaired) electrons. The molecular formula is C17H19N3O5S. The minimum atomic E-state index is -0.256. The average Bonchev–Trinajstić information content (AvgIpc) is 3.29. The number of carbonyl (C=O) groups is 1. The summed E-state index contributed by atoms with van der Waals surface area (Å²) in [6, 6.07) is 3.34. The maximum absolute atomic E-state index is 12.8. The number of benzene rings is 1. The number of nitrogens with zero attached hydrogens (tertiary/aromatic N) is 1. The van der Waals surface area contributed by atoms with Crippen molar-refractivity contribution >= 4 is 29.0 Å². The first-order valence-electron chi connectivity index (χ1n) is 8.56. The number of hydrogen-bond acceptors (Lipinski definition) is 6. The van der Waals surface area contributed by atoms with E-state index in [0.717, 1.165) is 19.4 Å². The molecule has 2 N–H and O–H groups in total. The molecule has 1 aromatic heterocycles. The van der Waals surface area contributed by atoms with Gasteiger partial charge in [0, 0.05) is 32.2 Å². The summed E-state index contributed by atoms with van der Waals surface area (Å²) in [6.45, 7) is 1.59. The van der Waals surface area contributed by atoms with Crippen LogP contribution >= 0.6 is 12.2 Å². The molecule has 4 rings (SSSR count). The van der Waals surface area contributed by atoms with Crippen molar-refractivity contribution in [3.8, 4) is 11.5 Å². The molecule has 0 bridgehead atoms. The van der Waals surface area contributed by atoms with Crippen LogP contribution in [0.25, 0.3) is 10.9 Å². The Hall–Kier alpha value is -2.39. The van der Waals surface area contributed by atoms with Crippen LogP contribution in [0.5, 0.6) is 11.5 Å². The molecule has 1 amide bonds. The Morgan fingerprint density at radius 2 is 2.15 bits per heavy atom. The summed E-state index contributed by atoms with van der Waals surface area (Å²) in [7, 11) is 0. The predicted molar refractivity (Wildman–Crippen MR) is 96.1 cm³/mol. The number of amides is 1. The minimum absolute atomic E-state index is 0.0921. The molecule has 8 nitrogen and oxygen atoms in total. The van der Waals surface area contributed by atoms with Crippen molar-refractivity contribution in [2.45, 2.75) is 31.9 Å². The summed E-state index contributed by atoms with van der Waals surface area (Å²) in [5, 5.41) is 3.29. The van der Waals surface area contributed by atoms with Crippen molar-refractivity contribution in [3.63, 3.8) is 0 Å². The third-order valence-corrected chi connectivity index (χ3v) is 4.91. The third-order valence-electron chi connectivity index (χ3n) is 4.59. The quantitative estimate of drug-likeness (QED) is 0.767. The van der Waals surface area contributed by atoms with Crippen LogP contribution in [0.4, 0.5) is 0 Å². The predicted octanol–water partition coefficient (Wildman–Crippen LogP) is 1.47. The van der Waals surface area contributed by atoms with Crippen molar-refractivity contribution in [2.24, 2.45) is 0 Å². The summed E-state index contributed by atoms with van der Waals surface area (Å²) in [4.78, 5) is 27.8. The number of hydrogen-bond donors (Lipinski definition) is 2. The van der Waals surface area contributed by atoms with Gasteiger partial charge in [0.15, 0.2) is 16.3 Å². The zero-order valence-electron chi connectivity index (χ0n) is 14.1. The fourth-order valence-corrected chi connectivity index (χ4v) is 3.46. The average molecular weight is 377 g/mol. The van der Waals surface area contributed by atoms with Crippen LogP contribution in [0.15, 0.2) is 16.9 Å². The van der Waals surface area contributed by atoms with Crippen molar-refractivity contribution in [1.29, 1.82) is 0 Å². The maximum atomic E-state index is 12.8. The molecule has 26 heavy (non-hydrogen) atoms. The van der Waals surface area contributed by atoms with E-state index in [-0.39, 0.29) is 42.1 Å². The molecule has 0 spiro atoms. The fourth-order valence-electron chi connectivity index (χ4n) is 3.18. The highest BCUT2D eigenvalue weighted by Crippen LogP contribution is 2.34. The topological polar surface area (TPSA) is 94.6 Å². The summed E-state index contributed by atoms with van der Waals surface area (Å²) in [5.41, 5.74) is 0.331. The minimum Gasteiger partial charge on any atom is -0.454 e. The SMILES string of the molecule is O=C(CCn1c(=S)[nH]c2cc3c(cc2c1=O)OCO3)NC[C@@H]1CCCO1. The fraction of sp³-hybridized carbons (Fsp3) is 0.471. The van der Waals surface area contributed by atoms with Gasteiger partial charge in [-0.25, -0.2) is 0 Å². The van der Waals surface area contributed by atoms with Crippen LogP contribution in [0.1, 0.15) is 19.3 Å². The number of fused-ring (bicyclic) bond motifs is 2. The highest BCUT2D eigenvalue weighted by atomic mass is 32.1. The van der Waals surface area contributed by atoms with Gasteiger partial charge in [-0.1, -0.05) is 0 Å². The van der Waals surface area contributed by atoms with E-state index in [0.29, 0.717) is 28.9 Å². The monoisotopic (exact) mass is 377 g/mol. The van der Waals surface area contributed by atoms with Crippen LogP contribution < -0.4 is 20.3 Å². The van der Waals surface area contributed by atoms with E-state index in [1.165, 1.54) is 4.57 Å². The van der Waals surface area contributed by atoms with E-state index in [9.17, 15) is 9.59 Å². The summed E-state index contributed by atoms with van der Waals surface area (Å²) >= 11 is 5.28. The highest BCUT2D eigenvalue weighted by Gasteiger charge is 2.18. The van der Waals surface area contributed by atoms with Crippen LogP contribution in [-0.2, 0) is 16.1 Å². The largest absolute Gasteiger partial charge is 0.454 e. The Balaban J connectivity index is 1.49. The van der Waals surface area contributed by atoms with Gasteiger partial charge in [0.1, 0.15) is 0 Å². The number of aromatic nitrogens is 2. The molecule has 1 atom stereocenters. The molecule has 2 aliphatic heterocycles. The lowest BCUT2D eigenvalue weighted by Gasteiger charge is -2.12. The molecule has 9 heteroatoms. The first-order valence-corrected chi connectivity index (χ1v) is 8.97. The number of nitrogens with one attached hydrogen (secondary N) is 2. The standard InChI is InChI=1S/C17H19N3O5S/c21-15(18-8-10-2-1-5-23-10)3-4-20-16(22)11-6-13-14(25-9-24-13)7-12(11)19-17(20)26/h6-7,10H,1-5,8-9H2,(H,18,21)(H,19,26)/t10-/m0/s1. The molecule has 2 aliphatic rings. The van der Waals surface area contributed by atoms with E-state index in [1.807, 2.05) is 0 Å². The Bertz CT molecular complexity index is 961. The second-order valence-corrected chi connectivity index (χ2v) is 6.71. The molecule has 0 aliphatic carbocycles. The third kappa shape index (κ3) is 3.32. The van der Waals surface area contributed by atoms with Crippen LogP contribution in [0.3, 0.4) is 0 Å². The van der Waals surface area contributed by atoms with Gasteiger partial charge in [0.2, 0.25) is 12.7 Å². The smallest absolute Gasteiger partial charge is 0.262 e. The molecular weight excluding hydrogens is 358 g/mol. The van der Waals surface area contributed by atoms with E-state index in [1.54, 1.807) is 12.1 Å². The van der Waals surface area contributed by atoms with Gasteiger partial charge in [-0.2, -0.15) is 0 Å². The van der Waals surface area contributed by atoms with Gasteiger partial charge in [-0.15, -0.1) is 0 Å². The molecule has 0 saturated carbocycles. The Labute approximate surface area is 154 Å². The van der Waals surface area contributed by atoms with E-state index in [4.69, 9.17) is 26.4 Å². The van der Waals surface area contributed by atoms with Gasteiger partial charge in [0.05, 0.1) is 17.0 Å². The van der Waals surface area contributed by atoms with Crippen molar-refractivity contribution < 1.29 is 19.0 Å². The van der Waals surface area contributed by atoms with Crippen LogP contribution in [0, 0.1) is 4.77 Å². The van der Waals surface area contributed by atoms with Crippen LogP contribution in [0.2, 0.25) is 0 Å². The van der Waals surface area contributed by atoms with E-state index < -0.39 is 0 Å². The van der Waals surface area contributed by atoms with Gasteiger partial charge >= 0.3 is 0 Å². The Kier molecular flexibility index (Phi) is 4.64. The molecule has 1 saturated heterocycles. The number of aromatic amines is 1. The molecule has 1 aromatic carbocycles. The molecule has 1 fully saturated rings. The highest BCUT2D eigenvalue weighted by molar-refractivity contribution is 7.71. The van der Waals surface area contributed by atoms with E-state index in [2.05, 4.69) is 10.3 Å². The normalized spacial score (nSPS) is 18.4. The van der Waals surface area contributed by atoms with Crippen molar-refractivity contribution in [3.05, 3.63) is 27.3 Å². The van der Waals surface area contributed by atoms with Gasteiger partial charge in [-0.3, -0.25) is 14.2 Å². The zero-order chi connectivity index (χ0) is 18.1. The Morgan fingerprint density at radius 3 is 2.92 bits per heavy atom. The van der Waals surface area contributed by atoms with Crippen LogP contribution in [-0.4, -0.2) is 41.5 Å². The first-order chi connectivity index (χ1) is 12.6. The van der Waals surface area contributed by atoms with Gasteiger partial charge in [-0.05, 0) is 31.1 Å². The Morgan fingerprint density at radius 1 is 1.35 bits per heavy atom. The van der Waals surface area contributed by atoms with Gasteiger partial charge in [0.25, 0.3) is 5.56 Å². The number of rotatable bonds is 5. The maximum Gasteiger partial charge on any atom is 0.262 e. The van der Waals surface area contributed by atoms with Crippen molar-refractivity contribution in [2.75, 3.05) is 19.9 Å². The van der Waals surface area contributed by atoms with Crippen molar-refractivity contribution in [1.82, 2.24) is 14.9 Å². The van der Waals surface area contributed by atoms with Gasteiger partial charge < -0.3 is 24.5 Å². The molecule has 138 valence electrons. The summed E-state index contributed by atoms with van der Waals surface area (Å²) in [6.07, 6.45) is 2.25. The van der Waals surface area contributed by atoms with E-state index >= 15 is 0 Å². The number of H-pyrrole nitrogens is 1. The molecule has 0 unspecified atom stereocenters. The summed E-state index contributed by atoms with van der Waals surface area (Å²) < 4.78 is 17.8. The first kappa shape index (κ1) is 17.0. The lowest BCUT2D eigenvalue weighted by atomic mass is 10.2. The molecule has 2 aromatic rings. The lowest BCUT2D eigenvalue weighted by molar-refractivity contribution is -0.121. The zero-order valence-corrected chi connectivity index (χ0v) is 14.9. The number of carbonyl (C=O) groups excluding carboxylic acids is 1. The summed E-state index contributed by atoms with van der Waals surface area (Å²) in [5.74, 6) is 0.974. The number of ether oxygens (including phenoxy) is 3. The second kappa shape index (κ2) is 7.08. The second-order valence-electron chi connectivity index (χ2n) is 6.33. The molecule has 3 heterocycles. The lowest BCUT2D eigenvalue weighted by Crippen LogP contribution is -2.33.